The third-order valence-corrected chi connectivity index (χ3v) is 3.32. The van der Waals surface area contributed by atoms with Crippen LogP contribution in [0.25, 0.3) is 11.3 Å². The molecule has 0 atom stereocenters. The Hall–Kier alpha value is -1.60. The Morgan fingerprint density at radius 1 is 1.31 bits per heavy atom. The topological polar surface area (TPSA) is 72.5 Å². The van der Waals surface area contributed by atoms with Crippen molar-refractivity contribution in [2.75, 3.05) is 7.05 Å². The van der Waals surface area contributed by atoms with Crippen LogP contribution in [0.3, 0.4) is 0 Å². The van der Waals surface area contributed by atoms with Crippen LogP contribution in [0.15, 0.2) is 38.4 Å². The van der Waals surface area contributed by atoms with Gasteiger partial charge in [-0.15, -0.1) is 0 Å². The smallest absolute Gasteiger partial charge is 0.278 e. The molecule has 16 heavy (non-hydrogen) atoms. The van der Waals surface area contributed by atoms with Gasteiger partial charge in [0.2, 0.25) is 5.09 Å². The Morgan fingerprint density at radius 3 is 2.62 bits per heavy atom. The highest BCUT2D eigenvalue weighted by atomic mass is 32.2. The molecule has 0 aliphatic rings. The molecule has 0 aromatic carbocycles. The number of sulfonamides is 1. The predicted octanol–water partition coefficient (Wildman–Crippen LogP) is 1.59. The minimum absolute atomic E-state index is 0.0973. The summed E-state index contributed by atoms with van der Waals surface area (Å²) < 4.78 is 47.4. The van der Waals surface area contributed by atoms with Crippen LogP contribution < -0.4 is 4.72 Å². The molecule has 2 heterocycles. The van der Waals surface area contributed by atoms with Gasteiger partial charge in [0.05, 0.1) is 11.8 Å². The summed E-state index contributed by atoms with van der Waals surface area (Å²) in [5.41, 5.74) is 0.179. The van der Waals surface area contributed by atoms with Crippen molar-refractivity contribution >= 4 is 10.0 Å². The standard InChI is InChI=1S/C9H8FNO4S/c1-11-16(12,13)9-6(4-5-14-9)7-2-3-8(10)15-7/h2-5,11H,1H3. The molecule has 0 spiro atoms. The molecule has 0 bridgehead atoms. The van der Waals surface area contributed by atoms with E-state index in [4.69, 9.17) is 4.42 Å². The summed E-state index contributed by atoms with van der Waals surface area (Å²) in [4.78, 5) is 0. The van der Waals surface area contributed by atoms with Gasteiger partial charge in [0.1, 0.15) is 5.76 Å². The summed E-state index contributed by atoms with van der Waals surface area (Å²) in [5, 5.41) is -0.302. The van der Waals surface area contributed by atoms with E-state index in [1.165, 1.54) is 25.4 Å². The molecule has 0 aliphatic carbocycles. The summed E-state index contributed by atoms with van der Waals surface area (Å²) >= 11 is 0. The first-order valence-corrected chi connectivity index (χ1v) is 5.79. The van der Waals surface area contributed by atoms with Gasteiger partial charge in [-0.3, -0.25) is 0 Å². The zero-order chi connectivity index (χ0) is 11.8. The predicted molar refractivity (Wildman–Crippen MR) is 52.6 cm³/mol. The lowest BCUT2D eigenvalue weighted by molar-refractivity contribution is 0.364. The largest absolute Gasteiger partial charge is 0.451 e. The third-order valence-electron chi connectivity index (χ3n) is 1.98. The van der Waals surface area contributed by atoms with E-state index in [0.29, 0.717) is 0 Å². The molecule has 0 radical (unpaired) electrons. The molecule has 7 heteroatoms. The fraction of sp³-hybridized carbons (Fsp3) is 0.111. The van der Waals surface area contributed by atoms with E-state index >= 15 is 0 Å². The Balaban J connectivity index is 2.56. The van der Waals surface area contributed by atoms with Crippen LogP contribution in [0.4, 0.5) is 4.39 Å². The average Bonchev–Trinajstić information content (AvgIpc) is 2.85. The lowest BCUT2D eigenvalue weighted by atomic mass is 10.3. The second-order valence-corrected chi connectivity index (χ2v) is 4.72. The van der Waals surface area contributed by atoms with E-state index in [-0.39, 0.29) is 16.4 Å². The molecule has 0 saturated heterocycles. The van der Waals surface area contributed by atoms with Crippen molar-refractivity contribution in [1.82, 2.24) is 4.72 Å². The molecular weight excluding hydrogens is 237 g/mol. The van der Waals surface area contributed by atoms with E-state index in [1.54, 1.807) is 0 Å². The van der Waals surface area contributed by atoms with Gasteiger partial charge >= 0.3 is 0 Å². The highest BCUT2D eigenvalue weighted by Crippen LogP contribution is 2.29. The number of nitrogens with one attached hydrogen (secondary N) is 1. The molecule has 0 unspecified atom stereocenters. The van der Waals surface area contributed by atoms with Crippen LogP contribution in [-0.2, 0) is 10.0 Å². The number of hydrogen-bond donors (Lipinski definition) is 1. The van der Waals surface area contributed by atoms with Gasteiger partial charge in [0.15, 0.2) is 0 Å². The Morgan fingerprint density at radius 2 is 2.06 bits per heavy atom. The van der Waals surface area contributed by atoms with Crippen LogP contribution in [-0.4, -0.2) is 15.5 Å². The fourth-order valence-electron chi connectivity index (χ4n) is 1.24. The van der Waals surface area contributed by atoms with Crippen molar-refractivity contribution in [2.45, 2.75) is 5.09 Å². The molecule has 5 nitrogen and oxygen atoms in total. The normalized spacial score (nSPS) is 11.9. The zero-order valence-corrected chi connectivity index (χ0v) is 9.05. The van der Waals surface area contributed by atoms with Crippen LogP contribution in [0, 0.1) is 6.01 Å². The van der Waals surface area contributed by atoms with Crippen molar-refractivity contribution in [3.8, 4) is 11.3 Å². The summed E-state index contributed by atoms with van der Waals surface area (Å²) in [7, 11) is -2.47. The zero-order valence-electron chi connectivity index (χ0n) is 8.23. The van der Waals surface area contributed by atoms with Crippen molar-refractivity contribution < 1.29 is 21.6 Å². The van der Waals surface area contributed by atoms with Crippen LogP contribution in [0.2, 0.25) is 0 Å². The maximum Gasteiger partial charge on any atom is 0.278 e. The molecule has 2 aromatic rings. The molecular formula is C9H8FNO4S. The summed E-state index contributed by atoms with van der Waals surface area (Å²) in [6.45, 7) is 0. The van der Waals surface area contributed by atoms with E-state index in [0.717, 1.165) is 6.07 Å². The van der Waals surface area contributed by atoms with Gasteiger partial charge < -0.3 is 8.83 Å². The highest BCUT2D eigenvalue weighted by molar-refractivity contribution is 7.89. The number of rotatable bonds is 3. The monoisotopic (exact) mass is 245 g/mol. The molecule has 1 N–H and O–H groups in total. The van der Waals surface area contributed by atoms with Gasteiger partial charge in [-0.2, -0.15) is 4.39 Å². The van der Waals surface area contributed by atoms with E-state index in [9.17, 15) is 12.8 Å². The summed E-state index contributed by atoms with van der Waals surface area (Å²) in [6, 6.07) is 3.03. The van der Waals surface area contributed by atoms with Crippen molar-refractivity contribution in [3.63, 3.8) is 0 Å². The van der Waals surface area contributed by atoms with E-state index < -0.39 is 16.0 Å². The van der Waals surface area contributed by atoms with E-state index in [1.807, 2.05) is 0 Å². The molecule has 0 saturated carbocycles. The van der Waals surface area contributed by atoms with Crippen molar-refractivity contribution in [3.05, 3.63) is 30.5 Å². The maximum absolute atomic E-state index is 12.7. The first-order chi connectivity index (χ1) is 7.54. The van der Waals surface area contributed by atoms with E-state index in [2.05, 4.69) is 9.14 Å². The first-order valence-electron chi connectivity index (χ1n) is 4.31. The highest BCUT2D eigenvalue weighted by Gasteiger charge is 2.23. The Labute approximate surface area is 90.9 Å². The quantitative estimate of drug-likeness (QED) is 0.891. The van der Waals surface area contributed by atoms with Gasteiger partial charge in [-0.05, 0) is 19.2 Å². The average molecular weight is 245 g/mol. The second kappa shape index (κ2) is 3.76. The summed E-state index contributed by atoms with van der Waals surface area (Å²) in [6.07, 6.45) is 1.19. The SMILES string of the molecule is CNS(=O)(=O)c1occc1-c1ccc(F)o1. The molecule has 2 aromatic heterocycles. The lowest BCUT2D eigenvalue weighted by Crippen LogP contribution is -2.18. The number of furan rings is 2. The maximum atomic E-state index is 12.7. The molecule has 86 valence electrons. The Kier molecular flexibility index (Phi) is 2.56. The van der Waals surface area contributed by atoms with Crippen LogP contribution in [0.5, 0.6) is 0 Å². The van der Waals surface area contributed by atoms with Crippen molar-refractivity contribution in [1.29, 1.82) is 0 Å². The lowest BCUT2D eigenvalue weighted by Gasteiger charge is -1.99. The molecule has 0 fully saturated rings. The Bertz CT molecular complexity index is 599. The van der Waals surface area contributed by atoms with Gasteiger partial charge in [-0.25, -0.2) is 13.1 Å². The van der Waals surface area contributed by atoms with Crippen LogP contribution >= 0.6 is 0 Å². The molecule has 2 rings (SSSR count). The van der Waals surface area contributed by atoms with Crippen molar-refractivity contribution in [2.24, 2.45) is 0 Å². The minimum Gasteiger partial charge on any atom is -0.451 e. The number of halogens is 1. The van der Waals surface area contributed by atoms with Gasteiger partial charge in [-0.1, -0.05) is 0 Å². The third kappa shape index (κ3) is 1.74. The molecule has 0 aliphatic heterocycles. The molecule has 0 amide bonds. The minimum atomic E-state index is -3.72. The first kappa shape index (κ1) is 10.9. The summed E-state index contributed by atoms with van der Waals surface area (Å²) in [5.74, 6) is 0.0973. The number of hydrogen-bond acceptors (Lipinski definition) is 4. The second-order valence-electron chi connectivity index (χ2n) is 2.93. The fourth-order valence-corrected chi connectivity index (χ4v) is 2.06. The van der Waals surface area contributed by atoms with Gasteiger partial charge in [0.25, 0.3) is 16.0 Å². The van der Waals surface area contributed by atoms with Gasteiger partial charge in [0, 0.05) is 6.07 Å². The van der Waals surface area contributed by atoms with Crippen LogP contribution in [0.1, 0.15) is 0 Å².